The highest BCUT2D eigenvalue weighted by Crippen LogP contribution is 2.11. The van der Waals surface area contributed by atoms with Crippen LogP contribution in [0.5, 0.6) is 0 Å². The Kier molecular flexibility index (Phi) is 4.12. The summed E-state index contributed by atoms with van der Waals surface area (Å²) in [6, 6.07) is 7.24. The van der Waals surface area contributed by atoms with E-state index in [1.807, 2.05) is 18.4 Å². The predicted octanol–water partition coefficient (Wildman–Crippen LogP) is 2.88. The average Bonchev–Trinajstić information content (AvgIpc) is 2.16. The zero-order chi connectivity index (χ0) is 9.68. The number of rotatable bonds is 3. The molecule has 0 aromatic heterocycles. The molecule has 0 aliphatic carbocycles. The summed E-state index contributed by atoms with van der Waals surface area (Å²) in [5, 5.41) is 12.6. The summed E-state index contributed by atoms with van der Waals surface area (Å²) >= 11 is 7.34. The van der Waals surface area contributed by atoms with E-state index in [0.29, 0.717) is 16.5 Å². The molecule has 0 amide bonds. The van der Waals surface area contributed by atoms with Crippen LogP contribution in [0.3, 0.4) is 0 Å². The van der Waals surface area contributed by atoms with Crippen LogP contribution in [0.4, 0.5) is 0 Å². The van der Waals surface area contributed by atoms with Gasteiger partial charge in [0.15, 0.2) is 0 Å². The van der Waals surface area contributed by atoms with Gasteiger partial charge >= 0.3 is 0 Å². The van der Waals surface area contributed by atoms with E-state index in [4.69, 9.17) is 16.8 Å². The normalized spacial score (nSPS) is 11.7. The maximum absolute atomic E-state index is 8.72. The Morgan fingerprint density at radius 2 is 2.08 bits per heavy atom. The molecule has 1 aromatic carbocycles. The Hall–Kier alpha value is -0.670. The second-order valence-electron chi connectivity index (χ2n) is 2.49. The van der Waals surface area contributed by atoms with E-state index >= 15 is 0 Å². The van der Waals surface area contributed by atoms with Crippen LogP contribution in [-0.2, 0) is 0 Å². The molecule has 0 radical (unpaired) electrons. The van der Waals surface area contributed by atoms with E-state index in [0.717, 1.165) is 5.56 Å². The van der Waals surface area contributed by atoms with Crippen LogP contribution in [0.1, 0.15) is 5.56 Å². The van der Waals surface area contributed by atoms with Crippen LogP contribution in [0.2, 0.25) is 5.02 Å². The SMILES string of the molecule is CSCC(=NO)c1ccc(Cl)cc1. The fourth-order valence-corrected chi connectivity index (χ4v) is 1.57. The van der Waals surface area contributed by atoms with E-state index in [-0.39, 0.29) is 0 Å². The monoisotopic (exact) mass is 215 g/mol. The van der Waals surface area contributed by atoms with Gasteiger partial charge in [0.2, 0.25) is 0 Å². The Morgan fingerprint density at radius 1 is 1.46 bits per heavy atom. The van der Waals surface area contributed by atoms with Gasteiger partial charge in [-0.2, -0.15) is 11.8 Å². The largest absolute Gasteiger partial charge is 0.411 e. The quantitative estimate of drug-likeness (QED) is 0.478. The first-order chi connectivity index (χ1) is 6.27. The first-order valence-electron chi connectivity index (χ1n) is 3.73. The molecule has 70 valence electrons. The predicted molar refractivity (Wildman–Crippen MR) is 58.2 cm³/mol. The minimum Gasteiger partial charge on any atom is -0.411 e. The summed E-state index contributed by atoms with van der Waals surface area (Å²) in [5.41, 5.74) is 1.57. The van der Waals surface area contributed by atoms with Crippen molar-refractivity contribution < 1.29 is 5.21 Å². The molecule has 0 aliphatic heterocycles. The third-order valence-corrected chi connectivity index (χ3v) is 2.39. The van der Waals surface area contributed by atoms with Gasteiger partial charge in [-0.25, -0.2) is 0 Å². The molecule has 0 bridgehead atoms. The van der Waals surface area contributed by atoms with Gasteiger partial charge in [-0.15, -0.1) is 0 Å². The first-order valence-corrected chi connectivity index (χ1v) is 5.51. The lowest BCUT2D eigenvalue weighted by Gasteiger charge is -2.01. The third kappa shape index (κ3) is 2.94. The van der Waals surface area contributed by atoms with E-state index in [9.17, 15) is 0 Å². The number of hydrogen-bond donors (Lipinski definition) is 1. The second kappa shape index (κ2) is 5.14. The fraction of sp³-hybridized carbons (Fsp3) is 0.222. The molecular weight excluding hydrogens is 206 g/mol. The highest BCUT2D eigenvalue weighted by atomic mass is 35.5. The zero-order valence-electron chi connectivity index (χ0n) is 7.20. The van der Waals surface area contributed by atoms with Crippen molar-refractivity contribution in [2.45, 2.75) is 0 Å². The Bertz CT molecular complexity index is 297. The molecule has 13 heavy (non-hydrogen) atoms. The topological polar surface area (TPSA) is 32.6 Å². The van der Waals surface area contributed by atoms with Crippen molar-refractivity contribution >= 4 is 29.1 Å². The van der Waals surface area contributed by atoms with Crippen LogP contribution in [0, 0.1) is 0 Å². The standard InChI is InChI=1S/C9H10ClNOS/c1-13-6-9(11-12)7-2-4-8(10)5-3-7/h2-5,12H,6H2,1H3. The lowest BCUT2D eigenvalue weighted by molar-refractivity contribution is 0.319. The van der Waals surface area contributed by atoms with Crippen molar-refractivity contribution in [2.24, 2.45) is 5.16 Å². The van der Waals surface area contributed by atoms with E-state index in [2.05, 4.69) is 5.16 Å². The minimum atomic E-state index is 0.671. The molecule has 1 aromatic rings. The molecule has 0 spiro atoms. The van der Waals surface area contributed by atoms with Crippen molar-refractivity contribution in [1.82, 2.24) is 0 Å². The molecule has 1 rings (SSSR count). The van der Waals surface area contributed by atoms with Crippen molar-refractivity contribution in [3.8, 4) is 0 Å². The maximum atomic E-state index is 8.72. The lowest BCUT2D eigenvalue weighted by Crippen LogP contribution is -2.03. The zero-order valence-corrected chi connectivity index (χ0v) is 8.77. The highest BCUT2D eigenvalue weighted by Gasteiger charge is 2.02. The van der Waals surface area contributed by atoms with Gasteiger partial charge in [0, 0.05) is 16.3 Å². The molecule has 1 N–H and O–H groups in total. The average molecular weight is 216 g/mol. The van der Waals surface area contributed by atoms with E-state index < -0.39 is 0 Å². The summed E-state index contributed by atoms with van der Waals surface area (Å²) in [6.45, 7) is 0. The maximum Gasteiger partial charge on any atom is 0.0966 e. The summed E-state index contributed by atoms with van der Waals surface area (Å²) in [6.07, 6.45) is 1.96. The first kappa shape index (κ1) is 10.4. The molecule has 0 saturated carbocycles. The summed E-state index contributed by atoms with van der Waals surface area (Å²) in [5.74, 6) is 0.693. The van der Waals surface area contributed by atoms with Gasteiger partial charge in [-0.3, -0.25) is 0 Å². The number of thioether (sulfide) groups is 1. The van der Waals surface area contributed by atoms with Crippen LogP contribution in [0.15, 0.2) is 29.4 Å². The van der Waals surface area contributed by atoms with Gasteiger partial charge in [0.25, 0.3) is 0 Å². The lowest BCUT2D eigenvalue weighted by atomic mass is 10.1. The van der Waals surface area contributed by atoms with Gasteiger partial charge in [0.05, 0.1) is 5.71 Å². The molecule has 0 atom stereocenters. The summed E-state index contributed by atoms with van der Waals surface area (Å²) < 4.78 is 0. The van der Waals surface area contributed by atoms with E-state index in [1.54, 1.807) is 23.9 Å². The Morgan fingerprint density at radius 3 is 2.54 bits per heavy atom. The number of halogens is 1. The smallest absolute Gasteiger partial charge is 0.0966 e. The molecule has 0 aliphatic rings. The number of benzene rings is 1. The minimum absolute atomic E-state index is 0.671. The van der Waals surface area contributed by atoms with Gasteiger partial charge in [-0.05, 0) is 18.4 Å². The van der Waals surface area contributed by atoms with Gasteiger partial charge in [0.1, 0.15) is 0 Å². The highest BCUT2D eigenvalue weighted by molar-refractivity contribution is 7.99. The van der Waals surface area contributed by atoms with E-state index in [1.165, 1.54) is 0 Å². The van der Waals surface area contributed by atoms with Crippen molar-refractivity contribution in [3.05, 3.63) is 34.9 Å². The summed E-state index contributed by atoms with van der Waals surface area (Å²) in [4.78, 5) is 0. The molecular formula is C9H10ClNOS. The number of oxime groups is 1. The molecule has 0 saturated heterocycles. The fourth-order valence-electron chi connectivity index (χ4n) is 0.949. The van der Waals surface area contributed by atoms with Gasteiger partial charge in [-0.1, -0.05) is 28.9 Å². The third-order valence-electron chi connectivity index (χ3n) is 1.58. The van der Waals surface area contributed by atoms with Crippen molar-refractivity contribution in [2.75, 3.05) is 12.0 Å². The van der Waals surface area contributed by atoms with Crippen LogP contribution in [-0.4, -0.2) is 22.9 Å². The van der Waals surface area contributed by atoms with Crippen LogP contribution in [0.25, 0.3) is 0 Å². The van der Waals surface area contributed by atoms with Crippen LogP contribution >= 0.6 is 23.4 Å². The number of nitrogens with zero attached hydrogens (tertiary/aromatic N) is 1. The molecule has 0 fully saturated rings. The molecule has 0 heterocycles. The molecule has 4 heteroatoms. The number of hydrogen-bond acceptors (Lipinski definition) is 3. The second-order valence-corrected chi connectivity index (χ2v) is 3.79. The van der Waals surface area contributed by atoms with Crippen molar-refractivity contribution in [1.29, 1.82) is 0 Å². The Labute approximate surface area is 86.6 Å². The summed E-state index contributed by atoms with van der Waals surface area (Å²) in [7, 11) is 0. The Balaban J connectivity index is 2.87. The van der Waals surface area contributed by atoms with Crippen LogP contribution < -0.4 is 0 Å². The molecule has 0 unspecified atom stereocenters. The molecule has 2 nitrogen and oxygen atoms in total. The van der Waals surface area contributed by atoms with Crippen molar-refractivity contribution in [3.63, 3.8) is 0 Å². The van der Waals surface area contributed by atoms with Gasteiger partial charge < -0.3 is 5.21 Å².